The maximum absolute atomic E-state index is 13.2. The zero-order chi connectivity index (χ0) is 12.5. The highest BCUT2D eigenvalue weighted by Crippen LogP contribution is 2.32. The summed E-state index contributed by atoms with van der Waals surface area (Å²) in [5, 5.41) is 12.1. The molecule has 0 aromatic heterocycles. The molecule has 0 aromatic rings. The van der Waals surface area contributed by atoms with E-state index >= 15 is 0 Å². The fourth-order valence-corrected chi connectivity index (χ4v) is 2.58. The highest BCUT2D eigenvalue weighted by atomic mass is 19.3. The van der Waals surface area contributed by atoms with E-state index in [1.54, 1.807) is 0 Å². The molecular weight excluding hydrogens is 230 g/mol. The molecule has 1 amide bonds. The van der Waals surface area contributed by atoms with E-state index in [0.29, 0.717) is 6.42 Å². The molecule has 98 valence electrons. The Morgan fingerprint density at radius 1 is 1.47 bits per heavy atom. The molecular formula is C11H18F2N2O2. The second kappa shape index (κ2) is 4.86. The van der Waals surface area contributed by atoms with E-state index in [1.165, 1.54) is 0 Å². The predicted molar refractivity (Wildman–Crippen MR) is 57.8 cm³/mol. The molecule has 2 aliphatic rings. The van der Waals surface area contributed by atoms with Gasteiger partial charge in [0.2, 0.25) is 5.91 Å². The third-order valence-corrected chi connectivity index (χ3v) is 3.48. The molecule has 2 N–H and O–H groups in total. The Bertz CT molecular complexity index is 293. The SMILES string of the molecule is O=C([C@@H]1CCCCN1)N1CC(F)(F)C[C@@H]1CO. The summed E-state index contributed by atoms with van der Waals surface area (Å²) >= 11 is 0. The number of amides is 1. The summed E-state index contributed by atoms with van der Waals surface area (Å²) in [4.78, 5) is 13.2. The molecule has 2 fully saturated rings. The van der Waals surface area contributed by atoms with E-state index in [-0.39, 0.29) is 11.9 Å². The number of hydrogen-bond donors (Lipinski definition) is 2. The maximum Gasteiger partial charge on any atom is 0.267 e. The number of alkyl halides is 2. The Balaban J connectivity index is 2.02. The van der Waals surface area contributed by atoms with Crippen molar-refractivity contribution in [1.29, 1.82) is 0 Å². The number of nitrogens with zero attached hydrogens (tertiary/aromatic N) is 1. The lowest BCUT2D eigenvalue weighted by atomic mass is 10.0. The number of likely N-dealkylation sites (tertiary alicyclic amines) is 1. The minimum Gasteiger partial charge on any atom is -0.394 e. The number of carbonyl (C=O) groups is 1. The lowest BCUT2D eigenvalue weighted by molar-refractivity contribution is -0.136. The quantitative estimate of drug-likeness (QED) is 0.741. The van der Waals surface area contributed by atoms with Crippen LogP contribution in [0.3, 0.4) is 0 Å². The first-order chi connectivity index (χ1) is 8.03. The second-order valence-electron chi connectivity index (χ2n) is 4.87. The maximum atomic E-state index is 13.2. The van der Waals surface area contributed by atoms with Crippen LogP contribution >= 0.6 is 0 Å². The van der Waals surface area contributed by atoms with E-state index in [9.17, 15) is 13.6 Å². The number of aliphatic hydroxyl groups excluding tert-OH is 1. The van der Waals surface area contributed by atoms with Gasteiger partial charge in [-0.3, -0.25) is 4.79 Å². The van der Waals surface area contributed by atoms with Crippen LogP contribution in [0.2, 0.25) is 0 Å². The second-order valence-corrected chi connectivity index (χ2v) is 4.87. The van der Waals surface area contributed by atoms with Crippen molar-refractivity contribution in [3.63, 3.8) is 0 Å². The van der Waals surface area contributed by atoms with Crippen LogP contribution in [0.25, 0.3) is 0 Å². The molecule has 2 saturated heterocycles. The van der Waals surface area contributed by atoms with E-state index in [2.05, 4.69) is 5.32 Å². The van der Waals surface area contributed by atoms with E-state index in [4.69, 9.17) is 5.11 Å². The van der Waals surface area contributed by atoms with Crippen molar-refractivity contribution in [3.05, 3.63) is 0 Å². The molecule has 6 heteroatoms. The molecule has 0 aliphatic carbocycles. The number of piperidine rings is 1. The van der Waals surface area contributed by atoms with Crippen molar-refractivity contribution in [3.8, 4) is 0 Å². The van der Waals surface area contributed by atoms with Gasteiger partial charge in [0.25, 0.3) is 5.92 Å². The van der Waals surface area contributed by atoms with E-state index < -0.39 is 31.5 Å². The molecule has 4 nitrogen and oxygen atoms in total. The Morgan fingerprint density at radius 3 is 2.82 bits per heavy atom. The highest BCUT2D eigenvalue weighted by molar-refractivity contribution is 5.82. The minimum absolute atomic E-state index is 0.291. The number of hydrogen-bond acceptors (Lipinski definition) is 3. The molecule has 2 rings (SSSR count). The van der Waals surface area contributed by atoms with Crippen LogP contribution < -0.4 is 5.32 Å². The van der Waals surface area contributed by atoms with Crippen molar-refractivity contribution < 1.29 is 18.7 Å². The third kappa shape index (κ3) is 2.74. The molecule has 0 spiro atoms. The van der Waals surface area contributed by atoms with Gasteiger partial charge >= 0.3 is 0 Å². The van der Waals surface area contributed by atoms with Gasteiger partial charge in [-0.25, -0.2) is 8.78 Å². The standard InChI is InChI=1S/C11H18F2N2O2/c12-11(13)5-8(6-16)15(7-11)10(17)9-3-1-2-4-14-9/h8-9,14,16H,1-7H2/t8-,9+/m1/s1. The van der Waals surface area contributed by atoms with Crippen molar-refractivity contribution in [2.45, 2.75) is 43.7 Å². The summed E-state index contributed by atoms with van der Waals surface area (Å²) in [6.45, 7) is -0.201. The first kappa shape index (κ1) is 12.7. The van der Waals surface area contributed by atoms with Gasteiger partial charge in [-0.05, 0) is 19.4 Å². The number of rotatable bonds is 2. The van der Waals surface area contributed by atoms with Crippen molar-refractivity contribution in [2.75, 3.05) is 19.7 Å². The van der Waals surface area contributed by atoms with E-state index in [1.807, 2.05) is 0 Å². The molecule has 17 heavy (non-hydrogen) atoms. The predicted octanol–water partition coefficient (Wildman–Crippen LogP) is 0.357. The molecule has 0 unspecified atom stereocenters. The lowest BCUT2D eigenvalue weighted by Gasteiger charge is -2.30. The molecule has 2 aliphatic heterocycles. The first-order valence-corrected chi connectivity index (χ1v) is 6.06. The molecule has 2 atom stereocenters. The summed E-state index contributed by atoms with van der Waals surface area (Å²) in [5.74, 6) is -3.15. The van der Waals surface area contributed by atoms with Crippen molar-refractivity contribution in [2.24, 2.45) is 0 Å². The summed E-state index contributed by atoms with van der Waals surface area (Å²) in [7, 11) is 0. The molecule has 0 bridgehead atoms. The van der Waals surface area contributed by atoms with Gasteiger partial charge in [-0.15, -0.1) is 0 Å². The molecule has 0 radical (unpaired) electrons. The van der Waals surface area contributed by atoms with Crippen LogP contribution in [0.1, 0.15) is 25.7 Å². The third-order valence-electron chi connectivity index (χ3n) is 3.48. The number of nitrogens with one attached hydrogen (secondary N) is 1. The summed E-state index contributed by atoms with van der Waals surface area (Å²) in [6.07, 6.45) is 2.22. The Hall–Kier alpha value is -0.750. The van der Waals surface area contributed by atoms with Crippen molar-refractivity contribution >= 4 is 5.91 Å². The van der Waals surface area contributed by atoms with E-state index in [0.717, 1.165) is 24.3 Å². The van der Waals surface area contributed by atoms with Gasteiger partial charge in [0.1, 0.15) is 0 Å². The van der Waals surface area contributed by atoms with Crippen LogP contribution in [-0.4, -0.2) is 53.6 Å². The molecule has 0 saturated carbocycles. The average molecular weight is 248 g/mol. The van der Waals surface area contributed by atoms with Gasteiger partial charge < -0.3 is 15.3 Å². The Labute approximate surface area is 99.0 Å². The first-order valence-electron chi connectivity index (χ1n) is 6.06. The average Bonchev–Trinajstić information content (AvgIpc) is 2.65. The monoisotopic (exact) mass is 248 g/mol. The van der Waals surface area contributed by atoms with Crippen LogP contribution in [0.5, 0.6) is 0 Å². The van der Waals surface area contributed by atoms with Crippen molar-refractivity contribution in [1.82, 2.24) is 10.2 Å². The number of carbonyl (C=O) groups excluding carboxylic acids is 1. The van der Waals surface area contributed by atoms with Crippen LogP contribution in [-0.2, 0) is 4.79 Å². The minimum atomic E-state index is -2.86. The molecule has 0 aromatic carbocycles. The Morgan fingerprint density at radius 2 is 2.24 bits per heavy atom. The van der Waals surface area contributed by atoms with Gasteiger partial charge in [0, 0.05) is 6.42 Å². The van der Waals surface area contributed by atoms with Crippen LogP contribution in [0.15, 0.2) is 0 Å². The van der Waals surface area contributed by atoms with Gasteiger partial charge in [0.05, 0.1) is 25.2 Å². The number of halogens is 2. The smallest absolute Gasteiger partial charge is 0.267 e. The highest BCUT2D eigenvalue weighted by Gasteiger charge is 2.47. The fourth-order valence-electron chi connectivity index (χ4n) is 2.58. The topological polar surface area (TPSA) is 52.6 Å². The van der Waals surface area contributed by atoms with Gasteiger partial charge in [-0.1, -0.05) is 6.42 Å². The fraction of sp³-hybridized carbons (Fsp3) is 0.909. The zero-order valence-electron chi connectivity index (χ0n) is 9.66. The largest absolute Gasteiger partial charge is 0.394 e. The lowest BCUT2D eigenvalue weighted by Crippen LogP contribution is -2.51. The van der Waals surface area contributed by atoms with Crippen LogP contribution in [0.4, 0.5) is 8.78 Å². The Kier molecular flexibility index (Phi) is 3.63. The summed E-state index contributed by atoms with van der Waals surface area (Å²) in [5.41, 5.74) is 0. The normalized spacial score (nSPS) is 32.8. The zero-order valence-corrected chi connectivity index (χ0v) is 9.66. The summed E-state index contributed by atoms with van der Waals surface area (Å²) in [6, 6.07) is -1.09. The number of aliphatic hydroxyl groups is 1. The van der Waals surface area contributed by atoms with Gasteiger partial charge in [-0.2, -0.15) is 0 Å². The summed E-state index contributed by atoms with van der Waals surface area (Å²) < 4.78 is 26.5. The van der Waals surface area contributed by atoms with Gasteiger partial charge in [0.15, 0.2) is 0 Å². The van der Waals surface area contributed by atoms with Crippen LogP contribution in [0, 0.1) is 0 Å². The molecule has 2 heterocycles.